The number of hydrogen-bond donors (Lipinski definition) is 1. The molecule has 1 aromatic carbocycles. The molecule has 5 rings (SSSR count). The predicted molar refractivity (Wildman–Crippen MR) is 110 cm³/mol. The molecule has 2 aromatic heterocycles. The maximum atomic E-state index is 13.1. The van der Waals surface area contributed by atoms with Crippen molar-refractivity contribution in [3.8, 4) is 5.69 Å². The molecule has 0 spiro atoms. The summed E-state index contributed by atoms with van der Waals surface area (Å²) in [6, 6.07) is 2.35. The van der Waals surface area contributed by atoms with Gasteiger partial charge in [-0.2, -0.15) is 5.10 Å². The van der Waals surface area contributed by atoms with Gasteiger partial charge in [0.05, 0.1) is 22.4 Å². The normalized spacial score (nSPS) is 16.2. The van der Waals surface area contributed by atoms with Crippen LogP contribution in [0.15, 0.2) is 33.9 Å². The third-order valence-electron chi connectivity index (χ3n) is 5.86. The molecule has 2 heterocycles. The summed E-state index contributed by atoms with van der Waals surface area (Å²) >= 11 is 1.00. The molecular weight excluding hydrogens is 406 g/mol. The topological polar surface area (TPSA) is 85.1 Å². The van der Waals surface area contributed by atoms with Gasteiger partial charge < -0.3 is 5.11 Å². The zero-order chi connectivity index (χ0) is 20.4. The molecule has 6 nitrogen and oxygen atoms in total. The number of benzene rings is 1. The van der Waals surface area contributed by atoms with Crippen LogP contribution in [-0.2, 0) is 41.1 Å². The minimum Gasteiger partial charge on any atom is -0.385 e. The Morgan fingerprint density at radius 1 is 1.07 bits per heavy atom. The fourth-order valence-corrected chi connectivity index (χ4v) is 6.86. The SMILES string of the molecule is CC(C)(O)c1cnc(S(=O)(=O)c2cnn(-c3c4c(cc5c3CCC5)CCC4)c2)s1. The first-order valence-electron chi connectivity index (χ1n) is 9.90. The summed E-state index contributed by atoms with van der Waals surface area (Å²) in [6.07, 6.45) is 10.9. The van der Waals surface area contributed by atoms with Crippen LogP contribution in [0.2, 0.25) is 0 Å². The molecule has 2 aliphatic carbocycles. The lowest BCUT2D eigenvalue weighted by Crippen LogP contribution is -2.12. The molecule has 3 aromatic rings. The lowest BCUT2D eigenvalue weighted by atomic mass is 9.99. The average molecular weight is 430 g/mol. The van der Waals surface area contributed by atoms with Crippen LogP contribution in [0.3, 0.4) is 0 Å². The van der Waals surface area contributed by atoms with Gasteiger partial charge in [-0.15, -0.1) is 11.3 Å². The summed E-state index contributed by atoms with van der Waals surface area (Å²) < 4.78 is 27.9. The lowest BCUT2D eigenvalue weighted by Gasteiger charge is -2.14. The zero-order valence-electron chi connectivity index (χ0n) is 16.5. The fraction of sp³-hybridized carbons (Fsp3) is 0.429. The highest BCUT2D eigenvalue weighted by molar-refractivity contribution is 7.93. The second kappa shape index (κ2) is 6.48. The number of sulfone groups is 1. The van der Waals surface area contributed by atoms with E-state index >= 15 is 0 Å². The van der Waals surface area contributed by atoms with Crippen LogP contribution >= 0.6 is 11.3 Å². The van der Waals surface area contributed by atoms with Gasteiger partial charge in [0.2, 0.25) is 14.2 Å². The van der Waals surface area contributed by atoms with Gasteiger partial charge in [-0.25, -0.2) is 18.1 Å². The molecular formula is C21H23N3O3S2. The lowest BCUT2D eigenvalue weighted by molar-refractivity contribution is 0.0823. The summed E-state index contributed by atoms with van der Waals surface area (Å²) in [7, 11) is -3.78. The number of fused-ring (bicyclic) bond motifs is 2. The Balaban J connectivity index is 1.58. The van der Waals surface area contributed by atoms with Crippen molar-refractivity contribution in [1.29, 1.82) is 0 Å². The van der Waals surface area contributed by atoms with Gasteiger partial charge in [0, 0.05) is 12.4 Å². The Kier molecular flexibility index (Phi) is 4.24. The van der Waals surface area contributed by atoms with Gasteiger partial charge in [-0.1, -0.05) is 6.07 Å². The number of aliphatic hydroxyl groups is 1. The monoisotopic (exact) mass is 429 g/mol. The predicted octanol–water partition coefficient (Wildman–Crippen LogP) is 3.37. The van der Waals surface area contributed by atoms with Crippen molar-refractivity contribution in [3.63, 3.8) is 0 Å². The molecule has 0 amide bonds. The van der Waals surface area contributed by atoms with Crippen molar-refractivity contribution in [2.75, 3.05) is 0 Å². The minimum absolute atomic E-state index is 0.0160. The van der Waals surface area contributed by atoms with Crippen molar-refractivity contribution < 1.29 is 13.5 Å². The Bertz CT molecular complexity index is 1180. The molecule has 0 saturated carbocycles. The summed E-state index contributed by atoms with van der Waals surface area (Å²) in [5, 5.41) is 14.6. The first-order valence-corrected chi connectivity index (χ1v) is 12.2. The highest BCUT2D eigenvalue weighted by atomic mass is 32.2. The largest absolute Gasteiger partial charge is 0.385 e. The first kappa shape index (κ1) is 19.0. The third-order valence-corrected chi connectivity index (χ3v) is 9.27. The maximum absolute atomic E-state index is 13.1. The van der Waals surface area contributed by atoms with Crippen molar-refractivity contribution in [1.82, 2.24) is 14.8 Å². The van der Waals surface area contributed by atoms with Crippen molar-refractivity contribution in [2.45, 2.75) is 67.2 Å². The highest BCUT2D eigenvalue weighted by Gasteiger charge is 2.29. The smallest absolute Gasteiger partial charge is 0.236 e. The van der Waals surface area contributed by atoms with E-state index in [9.17, 15) is 13.5 Å². The van der Waals surface area contributed by atoms with E-state index in [1.807, 2.05) is 0 Å². The van der Waals surface area contributed by atoms with Crippen LogP contribution in [0.4, 0.5) is 0 Å². The molecule has 152 valence electrons. The second-order valence-corrected chi connectivity index (χ2v) is 11.5. The average Bonchev–Trinajstić information content (AvgIpc) is 3.45. The van der Waals surface area contributed by atoms with E-state index in [-0.39, 0.29) is 9.24 Å². The molecule has 2 aliphatic rings. The Hall–Kier alpha value is -2.03. The van der Waals surface area contributed by atoms with E-state index < -0.39 is 15.4 Å². The van der Waals surface area contributed by atoms with Crippen LogP contribution in [0, 0.1) is 0 Å². The molecule has 0 bridgehead atoms. The van der Waals surface area contributed by atoms with Crippen molar-refractivity contribution in [3.05, 3.63) is 51.8 Å². The third kappa shape index (κ3) is 3.05. The number of nitrogens with zero attached hydrogens (tertiary/aromatic N) is 3. The van der Waals surface area contributed by atoms with E-state index in [4.69, 9.17) is 0 Å². The van der Waals surface area contributed by atoms with Gasteiger partial charge in [-0.3, -0.25) is 0 Å². The van der Waals surface area contributed by atoms with E-state index in [1.54, 1.807) is 24.7 Å². The van der Waals surface area contributed by atoms with Gasteiger partial charge in [0.25, 0.3) is 0 Å². The molecule has 0 radical (unpaired) electrons. The van der Waals surface area contributed by atoms with Crippen LogP contribution in [0.5, 0.6) is 0 Å². The molecule has 8 heteroatoms. The summed E-state index contributed by atoms with van der Waals surface area (Å²) in [4.78, 5) is 4.71. The van der Waals surface area contributed by atoms with Crippen LogP contribution in [0.1, 0.15) is 53.8 Å². The van der Waals surface area contributed by atoms with Gasteiger partial charge in [-0.05, 0) is 74.6 Å². The Morgan fingerprint density at radius 2 is 1.72 bits per heavy atom. The van der Waals surface area contributed by atoms with Gasteiger partial charge >= 0.3 is 0 Å². The van der Waals surface area contributed by atoms with Gasteiger partial charge in [0.1, 0.15) is 4.90 Å². The molecule has 0 saturated heterocycles. The number of aryl methyl sites for hydroxylation is 2. The van der Waals surface area contributed by atoms with Crippen molar-refractivity contribution in [2.24, 2.45) is 0 Å². The van der Waals surface area contributed by atoms with E-state index in [0.29, 0.717) is 4.88 Å². The number of aromatic nitrogens is 3. The highest BCUT2D eigenvalue weighted by Crippen LogP contribution is 2.38. The standard InChI is InChI=1S/C21H23N3O3S2/c1-21(2,25)18-11-22-20(28-18)29(26,27)15-10-23-24(12-15)19-16-7-3-5-13(16)9-14-6-4-8-17(14)19/h9-12,25H,3-8H2,1-2H3. The number of rotatable bonds is 4. The molecule has 0 atom stereocenters. The fourth-order valence-electron chi connectivity index (χ4n) is 4.40. The Morgan fingerprint density at radius 3 is 2.31 bits per heavy atom. The zero-order valence-corrected chi connectivity index (χ0v) is 18.1. The van der Waals surface area contributed by atoms with Gasteiger partial charge in [0.15, 0.2) is 0 Å². The Labute approximate surface area is 174 Å². The summed E-state index contributed by atoms with van der Waals surface area (Å²) in [5.41, 5.74) is 5.37. The number of hydrogen-bond acceptors (Lipinski definition) is 6. The quantitative estimate of drug-likeness (QED) is 0.687. The maximum Gasteiger partial charge on any atom is 0.236 e. The van der Waals surface area contributed by atoms with Crippen molar-refractivity contribution >= 4 is 21.2 Å². The molecule has 1 N–H and O–H groups in total. The second-order valence-electron chi connectivity index (χ2n) is 8.38. The van der Waals surface area contributed by atoms with E-state index in [2.05, 4.69) is 16.1 Å². The van der Waals surface area contributed by atoms with E-state index in [1.165, 1.54) is 34.6 Å². The molecule has 0 unspecified atom stereocenters. The molecule has 0 fully saturated rings. The van der Waals surface area contributed by atoms with Crippen LogP contribution < -0.4 is 0 Å². The summed E-state index contributed by atoms with van der Waals surface area (Å²) in [5.74, 6) is 0. The van der Waals surface area contributed by atoms with Crippen LogP contribution in [0.25, 0.3) is 5.69 Å². The number of thiazole rings is 1. The van der Waals surface area contributed by atoms with E-state index in [0.717, 1.165) is 55.5 Å². The minimum atomic E-state index is -3.78. The summed E-state index contributed by atoms with van der Waals surface area (Å²) in [6.45, 7) is 3.23. The first-order chi connectivity index (χ1) is 13.7. The molecule has 29 heavy (non-hydrogen) atoms. The molecule has 0 aliphatic heterocycles. The van der Waals surface area contributed by atoms with Crippen LogP contribution in [-0.4, -0.2) is 28.3 Å².